The summed E-state index contributed by atoms with van der Waals surface area (Å²) >= 11 is 1.38. The standard InChI is InChI=1S/C22H25FN6O3S/c1-13(14-9-15(23)11-24-10-14)25-20-26-16-5-8-33-18(16)17(27-20)19(30)28-6-7-29(12-28)21(31)32-22(2,3)4/h5,8-11,13H,6-7,12H2,1-4H3,(H,25,26,27)/t13-/m0/s1. The molecular weight excluding hydrogens is 447 g/mol. The predicted octanol–water partition coefficient (Wildman–Crippen LogP) is 4.05. The van der Waals surface area contributed by atoms with E-state index in [4.69, 9.17) is 4.74 Å². The number of aromatic nitrogens is 3. The van der Waals surface area contributed by atoms with Gasteiger partial charge in [-0.25, -0.2) is 19.2 Å². The van der Waals surface area contributed by atoms with Crippen LogP contribution in [0, 0.1) is 5.82 Å². The molecule has 4 rings (SSSR count). The Morgan fingerprint density at radius 3 is 2.70 bits per heavy atom. The first-order chi connectivity index (χ1) is 15.6. The Morgan fingerprint density at radius 1 is 1.21 bits per heavy atom. The summed E-state index contributed by atoms with van der Waals surface area (Å²) in [6.07, 6.45) is 2.24. The van der Waals surface area contributed by atoms with E-state index in [1.165, 1.54) is 22.3 Å². The number of thiophene rings is 1. The van der Waals surface area contributed by atoms with Gasteiger partial charge in [0.1, 0.15) is 11.4 Å². The number of amides is 2. The number of carbonyl (C=O) groups is 2. The Balaban J connectivity index is 1.54. The lowest BCUT2D eigenvalue weighted by Crippen LogP contribution is -2.37. The van der Waals surface area contributed by atoms with Gasteiger partial charge in [0.15, 0.2) is 5.69 Å². The van der Waals surface area contributed by atoms with Crippen molar-refractivity contribution >= 4 is 39.5 Å². The van der Waals surface area contributed by atoms with E-state index in [0.29, 0.717) is 28.9 Å². The van der Waals surface area contributed by atoms with Crippen molar-refractivity contribution in [3.8, 4) is 0 Å². The molecule has 1 atom stereocenters. The summed E-state index contributed by atoms with van der Waals surface area (Å²) in [5.41, 5.74) is 0.907. The number of anilines is 1. The van der Waals surface area contributed by atoms with Crippen LogP contribution in [0.4, 0.5) is 15.1 Å². The van der Waals surface area contributed by atoms with Crippen molar-refractivity contribution < 1.29 is 18.7 Å². The van der Waals surface area contributed by atoms with Crippen LogP contribution >= 0.6 is 11.3 Å². The van der Waals surface area contributed by atoms with Gasteiger partial charge in [-0.3, -0.25) is 14.7 Å². The van der Waals surface area contributed by atoms with E-state index in [1.807, 2.05) is 18.4 Å². The Morgan fingerprint density at radius 2 is 1.97 bits per heavy atom. The SMILES string of the molecule is C[C@H](Nc1nc(C(=O)N2CCN(C(=O)OC(C)(C)C)C2)c2sccc2n1)c1cncc(F)c1. The van der Waals surface area contributed by atoms with E-state index in [9.17, 15) is 14.0 Å². The molecule has 3 aromatic heterocycles. The average Bonchev–Trinajstić information content (AvgIpc) is 3.41. The van der Waals surface area contributed by atoms with Crippen LogP contribution in [0.2, 0.25) is 0 Å². The molecule has 11 heteroatoms. The molecule has 0 spiro atoms. The molecule has 0 bridgehead atoms. The number of hydrogen-bond acceptors (Lipinski definition) is 8. The monoisotopic (exact) mass is 472 g/mol. The molecule has 1 saturated heterocycles. The number of pyridine rings is 1. The quantitative estimate of drug-likeness (QED) is 0.611. The lowest BCUT2D eigenvalue weighted by atomic mass is 10.1. The van der Waals surface area contributed by atoms with E-state index in [-0.39, 0.29) is 30.3 Å². The Kier molecular flexibility index (Phi) is 6.15. The van der Waals surface area contributed by atoms with E-state index in [0.717, 1.165) is 6.20 Å². The van der Waals surface area contributed by atoms with Gasteiger partial charge in [-0.1, -0.05) is 0 Å². The molecule has 1 N–H and O–H groups in total. The van der Waals surface area contributed by atoms with E-state index >= 15 is 0 Å². The van der Waals surface area contributed by atoms with E-state index < -0.39 is 17.5 Å². The van der Waals surface area contributed by atoms with Crippen LogP contribution < -0.4 is 5.32 Å². The van der Waals surface area contributed by atoms with E-state index in [1.54, 1.807) is 31.9 Å². The molecule has 174 valence electrons. The van der Waals surface area contributed by atoms with Crippen molar-refractivity contribution in [2.75, 3.05) is 25.1 Å². The molecule has 4 heterocycles. The average molecular weight is 473 g/mol. The zero-order valence-corrected chi connectivity index (χ0v) is 19.6. The Bertz CT molecular complexity index is 1190. The zero-order valence-electron chi connectivity index (χ0n) is 18.8. The second-order valence-electron chi connectivity index (χ2n) is 8.79. The van der Waals surface area contributed by atoms with Gasteiger partial charge in [-0.2, -0.15) is 0 Å². The number of halogens is 1. The number of nitrogens with one attached hydrogen (secondary N) is 1. The highest BCUT2D eigenvalue weighted by atomic mass is 32.1. The molecule has 0 saturated carbocycles. The molecule has 9 nitrogen and oxygen atoms in total. The molecule has 0 aliphatic carbocycles. The van der Waals surface area contributed by atoms with Crippen LogP contribution in [0.15, 0.2) is 29.9 Å². The van der Waals surface area contributed by atoms with Crippen LogP contribution in [0.3, 0.4) is 0 Å². The molecule has 1 fully saturated rings. The molecule has 3 aromatic rings. The van der Waals surface area contributed by atoms with Crippen molar-refractivity contribution in [1.29, 1.82) is 0 Å². The molecule has 0 radical (unpaired) electrons. The third-order valence-corrected chi connectivity index (χ3v) is 5.91. The summed E-state index contributed by atoms with van der Waals surface area (Å²) in [6, 6.07) is 2.87. The normalized spacial score (nSPS) is 15.1. The summed E-state index contributed by atoms with van der Waals surface area (Å²) in [5.74, 6) is -0.474. The minimum atomic E-state index is -0.612. The highest BCUT2D eigenvalue weighted by molar-refractivity contribution is 7.17. The fourth-order valence-corrected chi connectivity index (χ4v) is 4.21. The number of nitrogens with zero attached hydrogens (tertiary/aromatic N) is 5. The van der Waals surface area contributed by atoms with Crippen LogP contribution in [0.25, 0.3) is 10.2 Å². The number of carbonyl (C=O) groups excluding carboxylic acids is 2. The summed E-state index contributed by atoms with van der Waals surface area (Å²) in [7, 11) is 0. The topological polar surface area (TPSA) is 101 Å². The summed E-state index contributed by atoms with van der Waals surface area (Å²) in [5, 5.41) is 4.97. The van der Waals surface area contributed by atoms with Gasteiger partial charge in [0.05, 0.1) is 29.1 Å². The summed E-state index contributed by atoms with van der Waals surface area (Å²) in [4.78, 5) is 41.6. The summed E-state index contributed by atoms with van der Waals surface area (Å²) in [6.45, 7) is 8.11. The van der Waals surface area contributed by atoms with Gasteiger partial charge >= 0.3 is 6.09 Å². The Hall–Kier alpha value is -3.34. The highest BCUT2D eigenvalue weighted by Gasteiger charge is 2.32. The Labute approximate surface area is 194 Å². The van der Waals surface area contributed by atoms with Crippen molar-refractivity contribution in [2.24, 2.45) is 0 Å². The predicted molar refractivity (Wildman–Crippen MR) is 122 cm³/mol. The largest absolute Gasteiger partial charge is 0.444 e. The second kappa shape index (κ2) is 8.89. The molecule has 1 aliphatic heterocycles. The van der Waals surface area contributed by atoms with Gasteiger partial charge in [0, 0.05) is 19.3 Å². The van der Waals surface area contributed by atoms with Gasteiger partial charge in [0.25, 0.3) is 5.91 Å². The number of ether oxygens (including phenoxy) is 1. The molecule has 1 aliphatic rings. The molecule has 33 heavy (non-hydrogen) atoms. The smallest absolute Gasteiger partial charge is 0.411 e. The number of hydrogen-bond donors (Lipinski definition) is 1. The molecular formula is C22H25FN6O3S. The minimum absolute atomic E-state index is 0.124. The van der Waals surface area contributed by atoms with Gasteiger partial charge in [0.2, 0.25) is 5.95 Å². The van der Waals surface area contributed by atoms with Crippen molar-refractivity contribution in [3.05, 3.63) is 47.0 Å². The number of rotatable bonds is 4. The fourth-order valence-electron chi connectivity index (χ4n) is 3.40. The molecule has 0 unspecified atom stereocenters. The van der Waals surface area contributed by atoms with Gasteiger partial charge < -0.3 is 15.0 Å². The van der Waals surface area contributed by atoms with Crippen LogP contribution in [0.5, 0.6) is 0 Å². The first-order valence-electron chi connectivity index (χ1n) is 10.5. The third-order valence-electron chi connectivity index (χ3n) is 5.00. The van der Waals surface area contributed by atoms with Crippen molar-refractivity contribution in [2.45, 2.75) is 39.3 Å². The van der Waals surface area contributed by atoms with Gasteiger partial charge in [-0.15, -0.1) is 11.3 Å². The fraction of sp³-hybridized carbons (Fsp3) is 0.409. The highest BCUT2D eigenvalue weighted by Crippen LogP contribution is 2.27. The zero-order chi connectivity index (χ0) is 23.8. The molecule has 2 amide bonds. The van der Waals surface area contributed by atoms with Crippen molar-refractivity contribution in [1.82, 2.24) is 24.8 Å². The van der Waals surface area contributed by atoms with E-state index in [2.05, 4.69) is 20.3 Å². The third kappa shape index (κ3) is 5.19. The second-order valence-corrected chi connectivity index (χ2v) is 9.70. The summed E-state index contributed by atoms with van der Waals surface area (Å²) < 4.78 is 19.6. The lowest BCUT2D eigenvalue weighted by molar-refractivity contribution is 0.0265. The lowest BCUT2D eigenvalue weighted by Gasteiger charge is -2.24. The first-order valence-corrected chi connectivity index (χ1v) is 11.4. The maximum atomic E-state index is 13.5. The van der Waals surface area contributed by atoms with Crippen LogP contribution in [-0.2, 0) is 4.74 Å². The maximum absolute atomic E-state index is 13.5. The maximum Gasteiger partial charge on any atom is 0.411 e. The number of fused-ring (bicyclic) bond motifs is 1. The first kappa shape index (κ1) is 22.8. The van der Waals surface area contributed by atoms with Crippen molar-refractivity contribution in [3.63, 3.8) is 0 Å². The van der Waals surface area contributed by atoms with Gasteiger partial charge in [-0.05, 0) is 50.8 Å². The molecule has 0 aromatic carbocycles. The minimum Gasteiger partial charge on any atom is -0.444 e. The van der Waals surface area contributed by atoms with Crippen LogP contribution in [-0.4, -0.2) is 62.1 Å². The van der Waals surface area contributed by atoms with Crippen LogP contribution in [0.1, 0.15) is 49.8 Å².